The Hall–Kier alpha value is -4.84. The Morgan fingerprint density at radius 2 is 1.00 bits per heavy atom. The van der Waals surface area contributed by atoms with E-state index in [2.05, 4.69) is 0 Å². The number of fused-ring (bicyclic) bond motifs is 2. The summed E-state index contributed by atoms with van der Waals surface area (Å²) in [6, 6.07) is 21.2. The molecule has 0 heterocycles. The van der Waals surface area contributed by atoms with Crippen LogP contribution in [0.15, 0.2) is 72.8 Å². The number of nitrogens with two attached hydrogens (primary N) is 2. The second-order valence-electron chi connectivity index (χ2n) is 8.97. The number of nitrogen functional groups attached to an aromatic ring is 2. The van der Waals surface area contributed by atoms with Crippen molar-refractivity contribution in [3.05, 3.63) is 95.1 Å². The van der Waals surface area contributed by atoms with Crippen molar-refractivity contribution in [2.24, 2.45) is 0 Å². The van der Waals surface area contributed by atoms with Gasteiger partial charge in [0.05, 0.1) is 11.1 Å². The molecule has 0 fully saturated rings. The van der Waals surface area contributed by atoms with Crippen LogP contribution in [0.25, 0.3) is 43.8 Å². The highest BCUT2D eigenvalue weighted by molar-refractivity contribution is 6.25. The third-order valence-corrected chi connectivity index (χ3v) is 6.67. The predicted octanol–water partition coefficient (Wildman–Crippen LogP) is 6.50. The minimum atomic E-state index is -1.05. The molecule has 0 saturated carbocycles. The maximum Gasteiger partial charge on any atom is 0.336 e. The molecule has 5 aromatic rings. The quantitative estimate of drug-likeness (QED) is 0.173. The summed E-state index contributed by atoms with van der Waals surface area (Å²) in [6.45, 7) is 3.93. The van der Waals surface area contributed by atoms with Crippen LogP contribution in [-0.4, -0.2) is 22.2 Å². The van der Waals surface area contributed by atoms with Gasteiger partial charge in [-0.25, -0.2) is 9.59 Å². The van der Waals surface area contributed by atoms with Gasteiger partial charge in [-0.15, -0.1) is 0 Å². The van der Waals surface area contributed by atoms with E-state index < -0.39 is 11.9 Å². The number of hydrogen-bond donors (Lipinski definition) is 4. The standard InChI is InChI=1S/C30H24N2O4/c1-15-7-8-16(2)26-25(15)27(23-13-17(31)9-11-21(23)29(33)34)19-5-3-4-6-20(19)28(26)24-14-18(32)10-12-22(24)30(35)36/h3-14H,31-32H2,1-2H3,(H,33,34)(H,35,36). The zero-order chi connectivity index (χ0) is 25.7. The Morgan fingerprint density at radius 1 is 0.611 bits per heavy atom. The normalized spacial score (nSPS) is 11.2. The molecule has 0 amide bonds. The van der Waals surface area contributed by atoms with Crippen molar-refractivity contribution < 1.29 is 19.8 Å². The molecule has 0 aromatic heterocycles. The Labute approximate surface area is 207 Å². The summed E-state index contributed by atoms with van der Waals surface area (Å²) in [5.74, 6) is -2.11. The number of aryl methyl sites for hydroxylation is 2. The monoisotopic (exact) mass is 476 g/mol. The molecule has 0 unspecified atom stereocenters. The average Bonchev–Trinajstić information content (AvgIpc) is 2.84. The zero-order valence-electron chi connectivity index (χ0n) is 19.8. The first-order chi connectivity index (χ1) is 17.2. The second kappa shape index (κ2) is 8.43. The predicted molar refractivity (Wildman–Crippen MR) is 145 cm³/mol. The fourth-order valence-electron chi connectivity index (χ4n) is 5.11. The van der Waals surface area contributed by atoms with Gasteiger partial charge in [0.25, 0.3) is 0 Å². The van der Waals surface area contributed by atoms with Gasteiger partial charge in [-0.1, -0.05) is 36.4 Å². The fraction of sp³-hybridized carbons (Fsp3) is 0.0667. The Kier molecular flexibility index (Phi) is 5.37. The van der Waals surface area contributed by atoms with E-state index in [0.29, 0.717) is 22.5 Å². The Morgan fingerprint density at radius 3 is 1.36 bits per heavy atom. The van der Waals surface area contributed by atoms with E-state index in [-0.39, 0.29) is 11.1 Å². The number of hydrogen-bond acceptors (Lipinski definition) is 4. The van der Waals surface area contributed by atoms with E-state index in [9.17, 15) is 19.8 Å². The lowest BCUT2D eigenvalue weighted by Gasteiger charge is -2.22. The van der Waals surface area contributed by atoms with Crippen molar-refractivity contribution in [3.63, 3.8) is 0 Å². The lowest BCUT2D eigenvalue weighted by Crippen LogP contribution is -2.04. The van der Waals surface area contributed by atoms with E-state index >= 15 is 0 Å². The van der Waals surface area contributed by atoms with Gasteiger partial charge in [-0.3, -0.25) is 0 Å². The topological polar surface area (TPSA) is 127 Å². The summed E-state index contributed by atoms with van der Waals surface area (Å²) in [7, 11) is 0. The van der Waals surface area contributed by atoms with Crippen molar-refractivity contribution in [2.75, 3.05) is 11.5 Å². The molecule has 6 heteroatoms. The van der Waals surface area contributed by atoms with E-state index in [1.807, 2.05) is 50.2 Å². The highest BCUT2D eigenvalue weighted by Crippen LogP contribution is 2.47. The van der Waals surface area contributed by atoms with Crippen LogP contribution in [0.4, 0.5) is 11.4 Å². The molecule has 6 nitrogen and oxygen atoms in total. The number of carbonyl (C=O) groups is 2. The van der Waals surface area contributed by atoms with Crippen LogP contribution in [0.5, 0.6) is 0 Å². The Balaban J connectivity index is 2.11. The summed E-state index contributed by atoms with van der Waals surface area (Å²) >= 11 is 0. The lowest BCUT2D eigenvalue weighted by molar-refractivity contribution is 0.0687. The van der Waals surface area contributed by atoms with Gasteiger partial charge in [0.2, 0.25) is 0 Å². The summed E-state index contributed by atoms with van der Waals surface area (Å²) in [5.41, 5.74) is 17.8. The van der Waals surface area contributed by atoms with Gasteiger partial charge < -0.3 is 21.7 Å². The largest absolute Gasteiger partial charge is 0.478 e. The van der Waals surface area contributed by atoms with Gasteiger partial charge in [-0.2, -0.15) is 0 Å². The first-order valence-corrected chi connectivity index (χ1v) is 11.4. The van der Waals surface area contributed by atoms with Crippen LogP contribution in [0.2, 0.25) is 0 Å². The Bertz CT molecular complexity index is 1610. The maximum absolute atomic E-state index is 12.3. The minimum Gasteiger partial charge on any atom is -0.478 e. The number of benzene rings is 5. The van der Waals surface area contributed by atoms with Crippen LogP contribution >= 0.6 is 0 Å². The van der Waals surface area contributed by atoms with Crippen LogP contribution in [-0.2, 0) is 0 Å². The fourth-order valence-corrected chi connectivity index (χ4v) is 5.11. The number of aromatic carboxylic acids is 2. The van der Waals surface area contributed by atoms with Crippen molar-refractivity contribution >= 4 is 44.9 Å². The first-order valence-electron chi connectivity index (χ1n) is 11.4. The van der Waals surface area contributed by atoms with Gasteiger partial charge in [-0.05, 0) is 105 Å². The van der Waals surface area contributed by atoms with E-state index in [0.717, 1.165) is 43.8 Å². The number of anilines is 2. The summed E-state index contributed by atoms with van der Waals surface area (Å²) in [6.07, 6.45) is 0. The molecule has 5 aromatic carbocycles. The molecule has 178 valence electrons. The third-order valence-electron chi connectivity index (χ3n) is 6.67. The third kappa shape index (κ3) is 3.51. The molecule has 0 bridgehead atoms. The molecule has 36 heavy (non-hydrogen) atoms. The zero-order valence-corrected chi connectivity index (χ0v) is 19.8. The van der Waals surface area contributed by atoms with Crippen LogP contribution < -0.4 is 11.5 Å². The highest BCUT2D eigenvalue weighted by atomic mass is 16.4. The van der Waals surface area contributed by atoms with Crippen molar-refractivity contribution in [2.45, 2.75) is 13.8 Å². The van der Waals surface area contributed by atoms with Crippen LogP contribution in [0, 0.1) is 13.8 Å². The average molecular weight is 477 g/mol. The number of carboxylic acid groups (broad SMARTS) is 2. The molecule has 0 aliphatic carbocycles. The van der Waals surface area contributed by atoms with Crippen molar-refractivity contribution in [3.8, 4) is 22.3 Å². The molecular weight excluding hydrogens is 452 g/mol. The molecule has 0 saturated heterocycles. The van der Waals surface area contributed by atoms with Crippen LogP contribution in [0.3, 0.4) is 0 Å². The van der Waals surface area contributed by atoms with Crippen molar-refractivity contribution in [1.82, 2.24) is 0 Å². The van der Waals surface area contributed by atoms with Gasteiger partial charge >= 0.3 is 11.9 Å². The van der Waals surface area contributed by atoms with E-state index in [1.165, 1.54) is 12.1 Å². The number of carboxylic acids is 2. The SMILES string of the molecule is Cc1ccc(C)c2c(-c3cc(N)ccc3C(=O)O)c3ccccc3c(-c3cc(N)ccc3C(=O)O)c12. The van der Waals surface area contributed by atoms with E-state index in [1.54, 1.807) is 24.3 Å². The second-order valence-corrected chi connectivity index (χ2v) is 8.97. The lowest BCUT2D eigenvalue weighted by atomic mass is 9.81. The molecule has 6 N–H and O–H groups in total. The highest BCUT2D eigenvalue weighted by Gasteiger charge is 2.24. The molecular formula is C30H24N2O4. The first kappa shape index (κ1) is 22.9. The minimum absolute atomic E-state index is 0.138. The molecule has 0 aliphatic rings. The molecule has 0 radical (unpaired) electrons. The molecule has 5 rings (SSSR count). The van der Waals surface area contributed by atoms with Gasteiger partial charge in [0.15, 0.2) is 0 Å². The molecule has 0 aliphatic heterocycles. The van der Waals surface area contributed by atoms with Crippen molar-refractivity contribution in [1.29, 1.82) is 0 Å². The molecule has 0 spiro atoms. The maximum atomic E-state index is 12.3. The smallest absolute Gasteiger partial charge is 0.336 e. The summed E-state index contributed by atoms with van der Waals surface area (Å²) < 4.78 is 0. The van der Waals surface area contributed by atoms with Crippen LogP contribution in [0.1, 0.15) is 31.8 Å². The van der Waals surface area contributed by atoms with E-state index in [4.69, 9.17) is 11.5 Å². The van der Waals surface area contributed by atoms with Gasteiger partial charge in [0.1, 0.15) is 0 Å². The molecule has 0 atom stereocenters. The number of rotatable bonds is 4. The summed E-state index contributed by atoms with van der Waals surface area (Å²) in [5, 5.41) is 23.3. The van der Waals surface area contributed by atoms with Gasteiger partial charge in [0, 0.05) is 11.4 Å². The summed E-state index contributed by atoms with van der Waals surface area (Å²) in [4.78, 5) is 24.5.